The van der Waals surface area contributed by atoms with Crippen molar-refractivity contribution >= 4 is 15.9 Å². The van der Waals surface area contributed by atoms with Crippen molar-refractivity contribution in [3.63, 3.8) is 0 Å². The minimum absolute atomic E-state index is 0.199. The van der Waals surface area contributed by atoms with Crippen molar-refractivity contribution in [3.05, 3.63) is 34.1 Å². The van der Waals surface area contributed by atoms with Crippen molar-refractivity contribution in [2.45, 2.75) is 50.6 Å². The maximum Gasteiger partial charge on any atom is 0.124 e. The maximum atomic E-state index is 13.4. The number of hydrogen-bond donors (Lipinski definition) is 1. The lowest BCUT2D eigenvalue weighted by atomic mass is 9.77. The zero-order chi connectivity index (χ0) is 14.8. The van der Waals surface area contributed by atoms with Crippen LogP contribution < -0.4 is 5.73 Å². The Hall–Kier alpha value is -0.450. The van der Waals surface area contributed by atoms with Gasteiger partial charge in [0.15, 0.2) is 0 Å². The summed E-state index contributed by atoms with van der Waals surface area (Å²) < 4.78 is 14.2. The predicted octanol–water partition coefficient (Wildman–Crippen LogP) is 4.24. The summed E-state index contributed by atoms with van der Waals surface area (Å²) in [4.78, 5) is 2.60. The zero-order valence-electron chi connectivity index (χ0n) is 12.4. The normalized spacial score (nSPS) is 28.1. The van der Waals surface area contributed by atoms with Gasteiger partial charge < -0.3 is 5.73 Å². The molecule has 3 rings (SSSR count). The number of fused-ring (bicyclic) bond motifs is 1. The molecule has 116 valence electrons. The second kappa shape index (κ2) is 6.76. The number of likely N-dealkylation sites (tertiary alicyclic amines) is 1. The number of hydrogen-bond acceptors (Lipinski definition) is 2. The van der Waals surface area contributed by atoms with Gasteiger partial charge in [0.25, 0.3) is 0 Å². The van der Waals surface area contributed by atoms with Crippen LogP contribution in [0.3, 0.4) is 0 Å². The van der Waals surface area contributed by atoms with Crippen LogP contribution in [-0.4, -0.2) is 24.0 Å². The molecule has 1 saturated heterocycles. The molecule has 3 unspecified atom stereocenters. The van der Waals surface area contributed by atoms with E-state index in [-0.39, 0.29) is 11.9 Å². The smallest absolute Gasteiger partial charge is 0.124 e. The molecule has 1 aliphatic carbocycles. The topological polar surface area (TPSA) is 29.3 Å². The molecule has 21 heavy (non-hydrogen) atoms. The van der Waals surface area contributed by atoms with E-state index >= 15 is 0 Å². The molecule has 2 N–H and O–H groups in total. The summed E-state index contributed by atoms with van der Waals surface area (Å²) in [5, 5.41) is 0. The molecule has 2 fully saturated rings. The molecule has 0 bridgehead atoms. The van der Waals surface area contributed by atoms with E-state index in [2.05, 4.69) is 20.8 Å². The van der Waals surface area contributed by atoms with Gasteiger partial charge >= 0.3 is 0 Å². The van der Waals surface area contributed by atoms with Crippen LogP contribution in [0.1, 0.15) is 50.1 Å². The Morgan fingerprint density at radius 2 is 2.00 bits per heavy atom. The summed E-state index contributed by atoms with van der Waals surface area (Å²) >= 11 is 3.52. The molecular formula is C17H24BrFN2. The Bertz CT molecular complexity index is 492. The zero-order valence-corrected chi connectivity index (χ0v) is 14.0. The lowest BCUT2D eigenvalue weighted by Gasteiger charge is -2.47. The van der Waals surface area contributed by atoms with Crippen molar-refractivity contribution in [3.8, 4) is 0 Å². The molecule has 3 atom stereocenters. The van der Waals surface area contributed by atoms with E-state index in [0.29, 0.717) is 12.6 Å². The summed E-state index contributed by atoms with van der Waals surface area (Å²) in [6, 6.07) is 5.86. The molecule has 1 saturated carbocycles. The van der Waals surface area contributed by atoms with Crippen molar-refractivity contribution < 1.29 is 4.39 Å². The van der Waals surface area contributed by atoms with Gasteiger partial charge in [-0.1, -0.05) is 34.8 Å². The van der Waals surface area contributed by atoms with Crippen molar-refractivity contribution in [2.24, 2.45) is 11.7 Å². The van der Waals surface area contributed by atoms with Crippen LogP contribution in [-0.2, 0) is 0 Å². The molecule has 0 aromatic heterocycles. The third kappa shape index (κ3) is 3.17. The fraction of sp³-hybridized carbons (Fsp3) is 0.647. The van der Waals surface area contributed by atoms with Gasteiger partial charge in [-0.3, -0.25) is 4.90 Å². The number of piperidine rings is 1. The van der Waals surface area contributed by atoms with Gasteiger partial charge in [0, 0.05) is 23.1 Å². The van der Waals surface area contributed by atoms with E-state index in [1.807, 2.05) is 6.07 Å². The summed E-state index contributed by atoms with van der Waals surface area (Å²) in [5.41, 5.74) is 7.24. The first kappa shape index (κ1) is 15.4. The standard InChI is InChI=1S/C17H24BrFN2/c18-15-10-13(19)7-8-14(15)17(11-20)21-9-3-5-12-4-1-2-6-16(12)21/h7-8,10,12,16-17H,1-6,9,11,20H2. The van der Waals surface area contributed by atoms with Crippen LogP contribution in [0.4, 0.5) is 4.39 Å². The molecule has 1 aromatic carbocycles. The van der Waals surface area contributed by atoms with Gasteiger partial charge in [-0.05, 0) is 55.8 Å². The summed E-state index contributed by atoms with van der Waals surface area (Å²) in [5.74, 6) is 0.636. The van der Waals surface area contributed by atoms with Crippen LogP contribution in [0.15, 0.2) is 22.7 Å². The number of nitrogens with zero attached hydrogens (tertiary/aromatic N) is 1. The highest BCUT2D eigenvalue weighted by Gasteiger charge is 2.37. The van der Waals surface area contributed by atoms with Gasteiger partial charge in [0.05, 0.1) is 0 Å². The Kier molecular flexibility index (Phi) is 4.97. The molecule has 2 nitrogen and oxygen atoms in total. The molecule has 1 aliphatic heterocycles. The van der Waals surface area contributed by atoms with E-state index in [1.165, 1.54) is 38.5 Å². The van der Waals surface area contributed by atoms with Crippen molar-refractivity contribution in [2.75, 3.05) is 13.1 Å². The molecule has 4 heteroatoms. The first-order valence-corrected chi connectivity index (χ1v) is 8.90. The highest BCUT2D eigenvalue weighted by atomic mass is 79.9. The van der Waals surface area contributed by atoms with Gasteiger partial charge in [-0.2, -0.15) is 0 Å². The summed E-state index contributed by atoms with van der Waals surface area (Å²) in [6.07, 6.45) is 7.99. The molecule has 0 amide bonds. The molecule has 2 aliphatic rings. The van der Waals surface area contributed by atoms with E-state index in [9.17, 15) is 4.39 Å². The maximum absolute atomic E-state index is 13.4. The lowest BCUT2D eigenvalue weighted by Crippen LogP contribution is -2.50. The Morgan fingerprint density at radius 3 is 2.76 bits per heavy atom. The number of benzene rings is 1. The minimum atomic E-state index is -0.199. The first-order valence-electron chi connectivity index (χ1n) is 8.11. The van der Waals surface area contributed by atoms with Gasteiger partial charge in [-0.25, -0.2) is 4.39 Å². The lowest BCUT2D eigenvalue weighted by molar-refractivity contribution is 0.0274. The first-order chi connectivity index (χ1) is 10.2. The van der Waals surface area contributed by atoms with Crippen LogP contribution in [0.5, 0.6) is 0 Å². The fourth-order valence-corrected chi connectivity index (χ4v) is 4.88. The second-order valence-corrected chi connectivity index (χ2v) is 7.26. The van der Waals surface area contributed by atoms with Crippen molar-refractivity contribution in [1.29, 1.82) is 0 Å². The Labute approximate surface area is 135 Å². The third-order valence-corrected chi connectivity index (χ3v) is 5.92. The molecule has 1 heterocycles. The largest absolute Gasteiger partial charge is 0.329 e. The van der Waals surface area contributed by atoms with Crippen LogP contribution in [0, 0.1) is 11.7 Å². The van der Waals surface area contributed by atoms with Crippen LogP contribution in [0.2, 0.25) is 0 Å². The Morgan fingerprint density at radius 1 is 1.24 bits per heavy atom. The minimum Gasteiger partial charge on any atom is -0.329 e. The predicted molar refractivity (Wildman–Crippen MR) is 87.6 cm³/mol. The SMILES string of the molecule is NCC(c1ccc(F)cc1Br)N1CCCC2CCCCC21. The van der Waals surface area contributed by atoms with E-state index in [0.717, 1.165) is 22.5 Å². The molecular weight excluding hydrogens is 331 g/mol. The highest BCUT2D eigenvalue weighted by Crippen LogP contribution is 2.40. The summed E-state index contributed by atoms with van der Waals surface area (Å²) in [7, 11) is 0. The number of rotatable bonds is 3. The summed E-state index contributed by atoms with van der Waals surface area (Å²) in [6.45, 7) is 1.71. The average molecular weight is 355 g/mol. The molecule has 1 aromatic rings. The Balaban J connectivity index is 1.87. The van der Waals surface area contributed by atoms with Crippen molar-refractivity contribution in [1.82, 2.24) is 4.90 Å². The fourth-order valence-electron chi connectivity index (χ4n) is 4.26. The number of nitrogens with two attached hydrogens (primary N) is 1. The average Bonchev–Trinajstić information content (AvgIpc) is 2.50. The molecule has 0 spiro atoms. The van der Waals surface area contributed by atoms with Gasteiger partial charge in [0.2, 0.25) is 0 Å². The monoisotopic (exact) mass is 354 g/mol. The van der Waals surface area contributed by atoms with E-state index in [1.54, 1.807) is 12.1 Å². The second-order valence-electron chi connectivity index (χ2n) is 6.41. The quantitative estimate of drug-likeness (QED) is 0.879. The van der Waals surface area contributed by atoms with Crippen LogP contribution >= 0.6 is 15.9 Å². The third-order valence-electron chi connectivity index (χ3n) is 5.23. The highest BCUT2D eigenvalue weighted by molar-refractivity contribution is 9.10. The van der Waals surface area contributed by atoms with Gasteiger partial charge in [-0.15, -0.1) is 0 Å². The van der Waals surface area contributed by atoms with Gasteiger partial charge in [0.1, 0.15) is 5.82 Å². The van der Waals surface area contributed by atoms with E-state index in [4.69, 9.17) is 5.73 Å². The number of halogens is 2. The van der Waals surface area contributed by atoms with E-state index < -0.39 is 0 Å². The van der Waals surface area contributed by atoms with Crippen LogP contribution in [0.25, 0.3) is 0 Å². The molecule has 0 radical (unpaired) electrons.